The Hall–Kier alpha value is -0.240. The van der Waals surface area contributed by atoms with E-state index in [9.17, 15) is 0 Å². The van der Waals surface area contributed by atoms with E-state index in [0.717, 1.165) is 6.54 Å². The average molecular weight is 272 g/mol. The van der Waals surface area contributed by atoms with E-state index in [2.05, 4.69) is 25.2 Å². The lowest BCUT2D eigenvalue weighted by atomic mass is 9.81. The second kappa shape index (κ2) is 5.17. The summed E-state index contributed by atoms with van der Waals surface area (Å²) >= 11 is 12.1. The van der Waals surface area contributed by atoms with Crippen LogP contribution in [0, 0.1) is 0 Å². The molecule has 0 aliphatic heterocycles. The summed E-state index contributed by atoms with van der Waals surface area (Å²) in [4.78, 5) is 0. The highest BCUT2D eigenvalue weighted by Gasteiger charge is 2.36. The first-order valence-electron chi connectivity index (χ1n) is 6.24. The summed E-state index contributed by atoms with van der Waals surface area (Å²) in [5.41, 5.74) is 1.55. The molecule has 2 unspecified atom stereocenters. The number of halogens is 2. The molecule has 0 amide bonds. The molecule has 94 valence electrons. The third kappa shape index (κ3) is 2.78. The second-order valence-electron chi connectivity index (χ2n) is 5.19. The largest absolute Gasteiger partial charge is 0.314 e. The molecule has 0 bridgehead atoms. The molecule has 1 fully saturated rings. The summed E-state index contributed by atoms with van der Waals surface area (Å²) in [5.74, 6) is 0. The van der Waals surface area contributed by atoms with Crippen molar-refractivity contribution in [3.8, 4) is 0 Å². The fourth-order valence-electron chi connectivity index (χ4n) is 2.84. The Bertz CT molecular complexity index is 405. The van der Waals surface area contributed by atoms with Gasteiger partial charge in [0.25, 0.3) is 0 Å². The first-order chi connectivity index (χ1) is 8.05. The molecule has 1 nitrogen and oxygen atoms in total. The lowest BCUT2D eigenvalue weighted by Gasteiger charge is -2.25. The quantitative estimate of drug-likeness (QED) is 0.859. The van der Waals surface area contributed by atoms with Crippen molar-refractivity contribution >= 4 is 23.2 Å². The Morgan fingerprint density at radius 3 is 2.76 bits per heavy atom. The molecular formula is C14H19Cl2N. The monoisotopic (exact) mass is 271 g/mol. The zero-order valence-corrected chi connectivity index (χ0v) is 11.9. The zero-order chi connectivity index (χ0) is 12.5. The molecule has 0 spiro atoms. The molecule has 2 rings (SSSR count). The number of rotatable bonds is 3. The Morgan fingerprint density at radius 1 is 1.35 bits per heavy atom. The lowest BCUT2D eigenvalue weighted by Crippen LogP contribution is -2.28. The van der Waals surface area contributed by atoms with Crippen LogP contribution in [0.4, 0.5) is 0 Å². The van der Waals surface area contributed by atoms with Crippen LogP contribution in [0.5, 0.6) is 0 Å². The summed E-state index contributed by atoms with van der Waals surface area (Å²) < 4.78 is 0. The van der Waals surface area contributed by atoms with Crippen molar-refractivity contribution in [2.75, 3.05) is 6.54 Å². The van der Waals surface area contributed by atoms with Gasteiger partial charge >= 0.3 is 0 Å². The van der Waals surface area contributed by atoms with Gasteiger partial charge in [-0.1, -0.05) is 43.1 Å². The molecule has 0 saturated heterocycles. The molecule has 2 atom stereocenters. The first-order valence-corrected chi connectivity index (χ1v) is 6.99. The van der Waals surface area contributed by atoms with Gasteiger partial charge in [-0.05, 0) is 48.9 Å². The normalized spacial score (nSPS) is 28.6. The van der Waals surface area contributed by atoms with E-state index in [1.54, 1.807) is 0 Å². The zero-order valence-electron chi connectivity index (χ0n) is 10.4. The molecule has 3 heteroatoms. The summed E-state index contributed by atoms with van der Waals surface area (Å²) in [7, 11) is 0. The van der Waals surface area contributed by atoms with Gasteiger partial charge in [0.15, 0.2) is 0 Å². The van der Waals surface area contributed by atoms with Crippen LogP contribution in [0.3, 0.4) is 0 Å². The molecule has 1 aliphatic rings. The van der Waals surface area contributed by atoms with E-state index in [1.807, 2.05) is 12.1 Å². The molecular weight excluding hydrogens is 253 g/mol. The van der Waals surface area contributed by atoms with Gasteiger partial charge in [0.2, 0.25) is 0 Å². The molecule has 1 aromatic rings. The Balaban J connectivity index is 2.18. The van der Waals surface area contributed by atoms with Crippen molar-refractivity contribution in [1.82, 2.24) is 5.32 Å². The molecule has 0 aromatic heterocycles. The molecule has 0 radical (unpaired) electrons. The molecule has 1 aliphatic carbocycles. The first kappa shape index (κ1) is 13.2. The molecule has 17 heavy (non-hydrogen) atoms. The van der Waals surface area contributed by atoms with Crippen LogP contribution in [0.2, 0.25) is 10.0 Å². The van der Waals surface area contributed by atoms with Crippen LogP contribution < -0.4 is 5.32 Å². The Kier molecular flexibility index (Phi) is 4.02. The highest BCUT2D eigenvalue weighted by molar-refractivity contribution is 6.42. The minimum absolute atomic E-state index is 0.237. The van der Waals surface area contributed by atoms with Crippen LogP contribution in [-0.4, -0.2) is 12.6 Å². The fraction of sp³-hybridized carbons (Fsp3) is 0.571. The van der Waals surface area contributed by atoms with Crippen molar-refractivity contribution in [3.63, 3.8) is 0 Å². The van der Waals surface area contributed by atoms with Crippen LogP contribution in [-0.2, 0) is 5.41 Å². The van der Waals surface area contributed by atoms with Crippen LogP contribution in [0.1, 0.15) is 38.7 Å². The maximum atomic E-state index is 6.10. The van der Waals surface area contributed by atoms with Crippen molar-refractivity contribution in [2.45, 2.75) is 44.6 Å². The summed E-state index contributed by atoms with van der Waals surface area (Å²) in [6.45, 7) is 5.53. The van der Waals surface area contributed by atoms with E-state index < -0.39 is 0 Å². The minimum atomic E-state index is 0.237. The van der Waals surface area contributed by atoms with Gasteiger partial charge in [-0.15, -0.1) is 0 Å². The highest BCUT2D eigenvalue weighted by Crippen LogP contribution is 2.42. The van der Waals surface area contributed by atoms with Crippen LogP contribution in [0.25, 0.3) is 0 Å². The van der Waals surface area contributed by atoms with Gasteiger partial charge in [0.1, 0.15) is 0 Å². The Morgan fingerprint density at radius 2 is 2.12 bits per heavy atom. The fourth-order valence-corrected chi connectivity index (χ4v) is 3.14. The maximum Gasteiger partial charge on any atom is 0.0595 e. The van der Waals surface area contributed by atoms with E-state index >= 15 is 0 Å². The molecule has 1 aromatic carbocycles. The summed E-state index contributed by atoms with van der Waals surface area (Å²) in [6.07, 6.45) is 3.63. The summed E-state index contributed by atoms with van der Waals surface area (Å²) in [6, 6.07) is 6.69. The molecule has 1 saturated carbocycles. The van der Waals surface area contributed by atoms with E-state index in [0.29, 0.717) is 16.1 Å². The predicted octanol–water partition coefficient (Wildman–Crippen LogP) is 4.41. The average Bonchev–Trinajstić information content (AvgIpc) is 2.66. The van der Waals surface area contributed by atoms with Crippen molar-refractivity contribution in [1.29, 1.82) is 0 Å². The summed E-state index contributed by atoms with van der Waals surface area (Å²) in [5, 5.41) is 4.84. The van der Waals surface area contributed by atoms with Gasteiger partial charge in [0, 0.05) is 6.04 Å². The van der Waals surface area contributed by atoms with Gasteiger partial charge in [-0.25, -0.2) is 0 Å². The lowest BCUT2D eigenvalue weighted by molar-refractivity contribution is 0.458. The minimum Gasteiger partial charge on any atom is -0.314 e. The number of nitrogens with one attached hydrogen (secondary N) is 1. The van der Waals surface area contributed by atoms with E-state index in [1.165, 1.54) is 24.8 Å². The second-order valence-corrected chi connectivity index (χ2v) is 6.00. The van der Waals surface area contributed by atoms with Gasteiger partial charge < -0.3 is 5.32 Å². The standard InChI is InChI=1S/C14H19Cl2N/c1-3-17-11-6-7-14(2,9-11)10-4-5-12(15)13(16)8-10/h4-5,8,11,17H,3,6-7,9H2,1-2H3. The smallest absolute Gasteiger partial charge is 0.0595 e. The van der Waals surface area contributed by atoms with Crippen molar-refractivity contribution < 1.29 is 0 Å². The maximum absolute atomic E-state index is 6.10. The van der Waals surface area contributed by atoms with Crippen molar-refractivity contribution in [3.05, 3.63) is 33.8 Å². The van der Waals surface area contributed by atoms with E-state index in [4.69, 9.17) is 23.2 Å². The van der Waals surface area contributed by atoms with Crippen LogP contribution >= 0.6 is 23.2 Å². The van der Waals surface area contributed by atoms with E-state index in [-0.39, 0.29) is 5.41 Å². The number of benzene rings is 1. The third-order valence-electron chi connectivity index (χ3n) is 3.85. The number of hydrogen-bond acceptors (Lipinski definition) is 1. The molecule has 0 heterocycles. The predicted molar refractivity (Wildman–Crippen MR) is 75.1 cm³/mol. The SMILES string of the molecule is CCNC1CCC(C)(c2ccc(Cl)c(Cl)c2)C1. The third-order valence-corrected chi connectivity index (χ3v) is 4.59. The molecule has 1 N–H and O–H groups in total. The number of hydrogen-bond donors (Lipinski definition) is 1. The van der Waals surface area contributed by atoms with Gasteiger partial charge in [-0.3, -0.25) is 0 Å². The topological polar surface area (TPSA) is 12.0 Å². The van der Waals surface area contributed by atoms with Crippen molar-refractivity contribution in [2.24, 2.45) is 0 Å². The highest BCUT2D eigenvalue weighted by atomic mass is 35.5. The van der Waals surface area contributed by atoms with Crippen LogP contribution in [0.15, 0.2) is 18.2 Å². The van der Waals surface area contributed by atoms with Gasteiger partial charge in [-0.2, -0.15) is 0 Å². The Labute approximate surface area is 114 Å². The van der Waals surface area contributed by atoms with Gasteiger partial charge in [0.05, 0.1) is 10.0 Å².